The molecular weight excluding hydrogens is 280 g/mol. The van der Waals surface area contributed by atoms with E-state index in [9.17, 15) is 4.79 Å². The van der Waals surface area contributed by atoms with Gasteiger partial charge in [-0.15, -0.1) is 11.3 Å². The van der Waals surface area contributed by atoms with Crippen molar-refractivity contribution >= 4 is 22.9 Å². The molecule has 0 aliphatic carbocycles. The van der Waals surface area contributed by atoms with Gasteiger partial charge in [0.05, 0.1) is 0 Å². The van der Waals surface area contributed by atoms with Crippen LogP contribution in [-0.2, 0) is 17.9 Å². The van der Waals surface area contributed by atoms with E-state index in [-0.39, 0.29) is 5.91 Å². The van der Waals surface area contributed by atoms with Gasteiger partial charge in [-0.3, -0.25) is 4.79 Å². The second kappa shape index (κ2) is 6.76. The molecule has 0 aliphatic heterocycles. The molecule has 0 saturated carbocycles. The number of thiophene rings is 1. The van der Waals surface area contributed by atoms with E-state index in [4.69, 9.17) is 0 Å². The predicted octanol–water partition coefficient (Wildman–Crippen LogP) is 3.96. The van der Waals surface area contributed by atoms with E-state index in [0.29, 0.717) is 6.54 Å². The number of nitrogens with one attached hydrogen (secondary N) is 1. The number of anilines is 1. The lowest BCUT2D eigenvalue weighted by Crippen LogP contribution is -2.23. The number of aryl methyl sites for hydroxylation is 2. The summed E-state index contributed by atoms with van der Waals surface area (Å²) in [5.41, 5.74) is 3.57. The zero-order chi connectivity index (χ0) is 15.4. The highest BCUT2D eigenvalue weighted by molar-refractivity contribution is 7.12. The smallest absolute Gasteiger partial charge is 0.219 e. The lowest BCUT2D eigenvalue weighted by Gasteiger charge is -2.18. The maximum absolute atomic E-state index is 11.4. The molecule has 1 N–H and O–H groups in total. The van der Waals surface area contributed by atoms with Crippen LogP contribution in [0.5, 0.6) is 0 Å². The van der Waals surface area contributed by atoms with Crippen LogP contribution in [0.1, 0.15) is 27.8 Å². The standard InChI is InChI=1S/C17H22N2OS/c1-12-9-16(13(2)21-12)10-18-17-8-6-5-7-15(17)11-19(4)14(3)20/h5-9,18H,10-11H2,1-4H3. The first-order chi connectivity index (χ1) is 9.97. The predicted molar refractivity (Wildman–Crippen MR) is 89.7 cm³/mol. The molecular formula is C17H22N2OS. The van der Waals surface area contributed by atoms with Crippen molar-refractivity contribution in [3.63, 3.8) is 0 Å². The molecule has 0 unspecified atom stereocenters. The third kappa shape index (κ3) is 4.08. The van der Waals surface area contributed by atoms with Crippen molar-refractivity contribution in [2.75, 3.05) is 12.4 Å². The van der Waals surface area contributed by atoms with Crippen molar-refractivity contribution in [3.8, 4) is 0 Å². The SMILES string of the molecule is CC(=O)N(C)Cc1ccccc1NCc1cc(C)sc1C. The Hall–Kier alpha value is -1.81. The molecule has 0 bridgehead atoms. The number of carbonyl (C=O) groups excluding carboxylic acids is 1. The molecule has 0 atom stereocenters. The summed E-state index contributed by atoms with van der Waals surface area (Å²) in [6.07, 6.45) is 0. The fourth-order valence-corrected chi connectivity index (χ4v) is 3.19. The monoisotopic (exact) mass is 302 g/mol. The van der Waals surface area contributed by atoms with Crippen molar-refractivity contribution in [1.29, 1.82) is 0 Å². The average Bonchev–Trinajstić information content (AvgIpc) is 2.76. The molecule has 0 aliphatic rings. The van der Waals surface area contributed by atoms with E-state index in [0.717, 1.165) is 17.8 Å². The Bertz CT molecular complexity index is 633. The molecule has 1 amide bonds. The normalized spacial score (nSPS) is 10.5. The number of para-hydroxylation sites is 1. The van der Waals surface area contributed by atoms with Gasteiger partial charge in [0.25, 0.3) is 0 Å². The van der Waals surface area contributed by atoms with Gasteiger partial charge in [-0.25, -0.2) is 0 Å². The fourth-order valence-electron chi connectivity index (χ4n) is 2.25. The number of carbonyl (C=O) groups is 1. The Morgan fingerprint density at radius 2 is 1.95 bits per heavy atom. The molecule has 0 fully saturated rings. The molecule has 0 radical (unpaired) electrons. The van der Waals surface area contributed by atoms with Gasteiger partial charge in [0.1, 0.15) is 0 Å². The van der Waals surface area contributed by atoms with Gasteiger partial charge in [-0.2, -0.15) is 0 Å². The molecule has 21 heavy (non-hydrogen) atoms. The topological polar surface area (TPSA) is 32.3 Å². The molecule has 2 aromatic rings. The van der Waals surface area contributed by atoms with E-state index in [1.54, 1.807) is 11.8 Å². The van der Waals surface area contributed by atoms with Gasteiger partial charge in [-0.05, 0) is 37.1 Å². The van der Waals surface area contributed by atoms with E-state index < -0.39 is 0 Å². The Morgan fingerprint density at radius 3 is 2.57 bits per heavy atom. The number of hydrogen-bond donors (Lipinski definition) is 1. The lowest BCUT2D eigenvalue weighted by atomic mass is 10.1. The summed E-state index contributed by atoms with van der Waals surface area (Å²) in [6.45, 7) is 7.33. The third-order valence-corrected chi connectivity index (χ3v) is 4.58. The van der Waals surface area contributed by atoms with Crippen molar-refractivity contribution < 1.29 is 4.79 Å². The minimum absolute atomic E-state index is 0.0779. The largest absolute Gasteiger partial charge is 0.381 e. The van der Waals surface area contributed by atoms with Crippen LogP contribution in [0.15, 0.2) is 30.3 Å². The van der Waals surface area contributed by atoms with Crippen LogP contribution in [0.3, 0.4) is 0 Å². The highest BCUT2D eigenvalue weighted by Gasteiger charge is 2.08. The Balaban J connectivity index is 2.09. The molecule has 0 saturated heterocycles. The molecule has 112 valence electrons. The summed E-state index contributed by atoms with van der Waals surface area (Å²) < 4.78 is 0. The van der Waals surface area contributed by atoms with Gasteiger partial charge >= 0.3 is 0 Å². The number of rotatable bonds is 5. The molecule has 4 heteroatoms. The van der Waals surface area contributed by atoms with Crippen molar-refractivity contribution in [1.82, 2.24) is 4.90 Å². The maximum Gasteiger partial charge on any atom is 0.219 e. The van der Waals surface area contributed by atoms with Crippen molar-refractivity contribution in [2.24, 2.45) is 0 Å². The van der Waals surface area contributed by atoms with Gasteiger partial charge < -0.3 is 10.2 Å². The van der Waals surface area contributed by atoms with Gasteiger partial charge in [0.2, 0.25) is 5.91 Å². The molecule has 0 spiro atoms. The zero-order valence-electron chi connectivity index (χ0n) is 13.1. The fraction of sp³-hybridized carbons (Fsp3) is 0.353. The van der Waals surface area contributed by atoms with Crippen LogP contribution in [0.25, 0.3) is 0 Å². The van der Waals surface area contributed by atoms with Gasteiger partial charge in [0.15, 0.2) is 0 Å². The van der Waals surface area contributed by atoms with E-state index >= 15 is 0 Å². The van der Waals surface area contributed by atoms with E-state index in [1.807, 2.05) is 30.5 Å². The number of amides is 1. The van der Waals surface area contributed by atoms with Crippen LogP contribution in [0.2, 0.25) is 0 Å². The minimum atomic E-state index is 0.0779. The van der Waals surface area contributed by atoms with Gasteiger partial charge in [-0.1, -0.05) is 18.2 Å². The molecule has 2 rings (SSSR count). The van der Waals surface area contributed by atoms with Crippen LogP contribution in [-0.4, -0.2) is 17.9 Å². The Kier molecular flexibility index (Phi) is 5.02. The highest BCUT2D eigenvalue weighted by Crippen LogP contribution is 2.23. The average molecular weight is 302 g/mol. The summed E-state index contributed by atoms with van der Waals surface area (Å²) in [5, 5.41) is 3.50. The Morgan fingerprint density at radius 1 is 1.24 bits per heavy atom. The maximum atomic E-state index is 11.4. The number of hydrogen-bond acceptors (Lipinski definition) is 3. The van der Waals surface area contributed by atoms with E-state index in [1.165, 1.54) is 15.3 Å². The second-order valence-corrected chi connectivity index (χ2v) is 6.78. The van der Waals surface area contributed by atoms with Crippen LogP contribution >= 0.6 is 11.3 Å². The lowest BCUT2D eigenvalue weighted by molar-refractivity contribution is -0.128. The number of benzene rings is 1. The summed E-state index contributed by atoms with van der Waals surface area (Å²) in [6, 6.07) is 10.4. The molecule has 1 aromatic heterocycles. The number of nitrogens with zero attached hydrogens (tertiary/aromatic N) is 1. The first kappa shape index (κ1) is 15.6. The summed E-state index contributed by atoms with van der Waals surface area (Å²) in [4.78, 5) is 15.8. The summed E-state index contributed by atoms with van der Waals surface area (Å²) in [5.74, 6) is 0.0779. The summed E-state index contributed by atoms with van der Waals surface area (Å²) >= 11 is 1.83. The molecule has 3 nitrogen and oxygen atoms in total. The van der Waals surface area contributed by atoms with Crippen LogP contribution < -0.4 is 5.32 Å². The van der Waals surface area contributed by atoms with Crippen LogP contribution in [0.4, 0.5) is 5.69 Å². The van der Waals surface area contributed by atoms with Crippen LogP contribution in [0, 0.1) is 13.8 Å². The van der Waals surface area contributed by atoms with Crippen molar-refractivity contribution in [3.05, 3.63) is 51.2 Å². The van der Waals surface area contributed by atoms with Gasteiger partial charge in [0, 0.05) is 42.5 Å². The first-order valence-electron chi connectivity index (χ1n) is 7.06. The Labute approximate surface area is 130 Å². The third-order valence-electron chi connectivity index (χ3n) is 3.58. The zero-order valence-corrected chi connectivity index (χ0v) is 13.9. The second-order valence-electron chi connectivity index (χ2n) is 5.32. The highest BCUT2D eigenvalue weighted by atomic mass is 32.1. The summed E-state index contributed by atoms with van der Waals surface area (Å²) in [7, 11) is 1.82. The molecule has 1 heterocycles. The van der Waals surface area contributed by atoms with E-state index in [2.05, 4.69) is 37.4 Å². The minimum Gasteiger partial charge on any atom is -0.381 e. The van der Waals surface area contributed by atoms with Crippen molar-refractivity contribution in [2.45, 2.75) is 33.9 Å². The quantitative estimate of drug-likeness (QED) is 0.907. The molecule has 1 aromatic carbocycles. The first-order valence-corrected chi connectivity index (χ1v) is 7.88.